The van der Waals surface area contributed by atoms with Gasteiger partial charge in [-0.05, 0) is 25.0 Å². The van der Waals surface area contributed by atoms with Gasteiger partial charge in [0.2, 0.25) is 0 Å². The van der Waals surface area contributed by atoms with Gasteiger partial charge >= 0.3 is 11.6 Å². The Bertz CT molecular complexity index is 697. The summed E-state index contributed by atoms with van der Waals surface area (Å²) in [6.07, 6.45) is 2.34. The van der Waals surface area contributed by atoms with Crippen molar-refractivity contribution in [2.24, 2.45) is 5.92 Å². The van der Waals surface area contributed by atoms with Crippen molar-refractivity contribution in [3.63, 3.8) is 0 Å². The predicted octanol–water partition coefficient (Wildman–Crippen LogP) is 3.70. The number of hydrogen-bond donors (Lipinski definition) is 0. The van der Waals surface area contributed by atoms with E-state index in [1.54, 1.807) is 32.0 Å². The van der Waals surface area contributed by atoms with Crippen LogP contribution >= 0.6 is 0 Å². The van der Waals surface area contributed by atoms with Crippen molar-refractivity contribution in [3.8, 4) is 5.75 Å². The predicted molar refractivity (Wildman–Crippen MR) is 81.6 cm³/mol. The summed E-state index contributed by atoms with van der Waals surface area (Å²) in [5.74, 6) is -0.243. The molecule has 0 radical (unpaired) electrons. The second kappa shape index (κ2) is 6.57. The van der Waals surface area contributed by atoms with Gasteiger partial charge in [-0.15, -0.1) is 0 Å². The van der Waals surface area contributed by atoms with Gasteiger partial charge in [-0.25, -0.2) is 4.79 Å². The Morgan fingerprint density at radius 2 is 2.00 bits per heavy atom. The van der Waals surface area contributed by atoms with Crippen LogP contribution in [0.1, 0.15) is 39.2 Å². The smallest absolute Gasteiger partial charge is 0.343 e. The molecular formula is C17H20O4. The van der Waals surface area contributed by atoms with Crippen molar-refractivity contribution < 1.29 is 13.9 Å². The average Bonchev–Trinajstić information content (AvgIpc) is 2.46. The normalized spacial score (nSPS) is 11.0. The third-order valence-corrected chi connectivity index (χ3v) is 3.31. The van der Waals surface area contributed by atoms with Gasteiger partial charge in [0.05, 0.1) is 16.9 Å². The Labute approximate surface area is 123 Å². The van der Waals surface area contributed by atoms with Crippen LogP contribution in [0.15, 0.2) is 33.5 Å². The fourth-order valence-electron chi connectivity index (χ4n) is 2.06. The maximum atomic E-state index is 12.2. The first-order valence-electron chi connectivity index (χ1n) is 7.31. The highest BCUT2D eigenvalue weighted by Crippen LogP contribution is 2.29. The number of carbonyl (C=O) groups is 1. The molecule has 0 atom stereocenters. The van der Waals surface area contributed by atoms with Crippen molar-refractivity contribution in [1.82, 2.24) is 0 Å². The molecule has 2 aromatic rings. The summed E-state index contributed by atoms with van der Waals surface area (Å²) in [4.78, 5) is 24.1. The van der Waals surface area contributed by atoms with Gasteiger partial charge in [0.1, 0.15) is 5.58 Å². The van der Waals surface area contributed by atoms with Crippen molar-refractivity contribution in [2.45, 2.75) is 40.0 Å². The zero-order valence-corrected chi connectivity index (χ0v) is 12.6. The monoisotopic (exact) mass is 288 g/mol. The molecule has 4 nitrogen and oxygen atoms in total. The van der Waals surface area contributed by atoms with Gasteiger partial charge in [-0.2, -0.15) is 0 Å². The van der Waals surface area contributed by atoms with E-state index in [2.05, 4.69) is 0 Å². The number of hydrogen-bond acceptors (Lipinski definition) is 4. The number of fused-ring (bicyclic) bond motifs is 1. The Kier molecular flexibility index (Phi) is 4.78. The third kappa shape index (κ3) is 3.32. The van der Waals surface area contributed by atoms with E-state index in [-0.39, 0.29) is 11.9 Å². The zero-order valence-electron chi connectivity index (χ0n) is 12.6. The third-order valence-electron chi connectivity index (χ3n) is 3.31. The van der Waals surface area contributed by atoms with Crippen LogP contribution in [0.2, 0.25) is 0 Å². The maximum Gasteiger partial charge on any atom is 0.343 e. The summed E-state index contributed by atoms with van der Waals surface area (Å²) in [6.45, 7) is 5.58. The molecule has 2 rings (SSSR count). The molecule has 0 aliphatic rings. The first-order valence-corrected chi connectivity index (χ1v) is 7.31. The minimum atomic E-state index is -0.422. The van der Waals surface area contributed by atoms with E-state index in [1.165, 1.54) is 0 Å². The molecule has 0 N–H and O–H groups in total. The van der Waals surface area contributed by atoms with Crippen LogP contribution in [-0.2, 0) is 11.2 Å². The molecule has 1 aromatic carbocycles. The van der Waals surface area contributed by atoms with E-state index in [1.807, 2.05) is 13.0 Å². The van der Waals surface area contributed by atoms with E-state index in [0.717, 1.165) is 12.8 Å². The number of ether oxygens (including phenoxy) is 1. The molecule has 0 fully saturated rings. The molecule has 0 saturated carbocycles. The second-order valence-electron chi connectivity index (χ2n) is 5.37. The molecule has 0 spiro atoms. The number of unbranched alkanes of at least 4 members (excludes halogenated alkanes) is 1. The molecule has 1 heterocycles. The molecule has 0 aliphatic carbocycles. The Hall–Kier alpha value is -2.10. The van der Waals surface area contributed by atoms with E-state index in [0.29, 0.717) is 28.7 Å². The fourth-order valence-corrected chi connectivity index (χ4v) is 2.06. The molecule has 0 bridgehead atoms. The molecule has 0 aliphatic heterocycles. The number of benzene rings is 1. The largest absolute Gasteiger partial charge is 0.425 e. The van der Waals surface area contributed by atoms with Crippen molar-refractivity contribution in [1.29, 1.82) is 0 Å². The van der Waals surface area contributed by atoms with Crippen LogP contribution in [-0.4, -0.2) is 5.97 Å². The number of rotatable bonds is 5. The van der Waals surface area contributed by atoms with Crippen molar-refractivity contribution in [2.75, 3.05) is 0 Å². The Balaban J connectivity index is 2.60. The summed E-state index contributed by atoms with van der Waals surface area (Å²) in [7, 11) is 0. The van der Waals surface area contributed by atoms with Crippen LogP contribution in [0.3, 0.4) is 0 Å². The summed E-state index contributed by atoms with van der Waals surface area (Å²) in [5, 5.41) is 0.664. The van der Waals surface area contributed by atoms with Crippen molar-refractivity contribution in [3.05, 3.63) is 40.2 Å². The van der Waals surface area contributed by atoms with E-state index in [4.69, 9.17) is 9.15 Å². The van der Waals surface area contributed by atoms with E-state index in [9.17, 15) is 9.59 Å². The second-order valence-corrected chi connectivity index (χ2v) is 5.37. The summed E-state index contributed by atoms with van der Waals surface area (Å²) in [5.41, 5.74) is 0.465. The molecule has 1 aromatic heterocycles. The average molecular weight is 288 g/mol. The SMILES string of the molecule is CCCCc1c(OC(=O)C(C)C)c2ccccc2oc1=O. The summed E-state index contributed by atoms with van der Waals surface area (Å²) >= 11 is 0. The van der Waals surface area contributed by atoms with Crippen LogP contribution in [0.4, 0.5) is 0 Å². The fraction of sp³-hybridized carbons (Fsp3) is 0.412. The highest BCUT2D eigenvalue weighted by Gasteiger charge is 2.19. The molecule has 21 heavy (non-hydrogen) atoms. The van der Waals surface area contributed by atoms with Crippen LogP contribution in [0.5, 0.6) is 5.75 Å². The van der Waals surface area contributed by atoms with Gasteiger partial charge in [0.15, 0.2) is 5.75 Å². The summed E-state index contributed by atoms with van der Waals surface area (Å²) in [6, 6.07) is 7.12. The Morgan fingerprint density at radius 3 is 2.67 bits per heavy atom. The lowest BCUT2D eigenvalue weighted by Crippen LogP contribution is -2.19. The molecule has 112 valence electrons. The zero-order chi connectivity index (χ0) is 15.4. The number of carbonyl (C=O) groups excluding carboxylic acids is 1. The molecule has 4 heteroatoms. The highest BCUT2D eigenvalue weighted by atomic mass is 16.5. The van der Waals surface area contributed by atoms with Crippen molar-refractivity contribution >= 4 is 16.9 Å². The molecular weight excluding hydrogens is 268 g/mol. The standard InChI is InChI=1S/C17H20O4/c1-4-5-8-13-15(21-16(18)11(2)3)12-9-6-7-10-14(12)20-17(13)19/h6-7,9-11H,4-5,8H2,1-3H3. The topological polar surface area (TPSA) is 56.5 Å². The van der Waals surface area contributed by atoms with Gasteiger partial charge in [-0.1, -0.05) is 39.3 Å². The highest BCUT2D eigenvalue weighted by molar-refractivity contribution is 5.87. The van der Waals surface area contributed by atoms with Gasteiger partial charge in [-0.3, -0.25) is 4.79 Å². The maximum absolute atomic E-state index is 12.2. The minimum absolute atomic E-state index is 0.255. The molecule has 0 amide bonds. The lowest BCUT2D eigenvalue weighted by Gasteiger charge is -2.12. The lowest BCUT2D eigenvalue weighted by molar-refractivity contribution is -0.137. The van der Waals surface area contributed by atoms with Gasteiger partial charge in [0, 0.05) is 0 Å². The first kappa shape index (κ1) is 15.3. The van der Waals surface area contributed by atoms with Gasteiger partial charge in [0.25, 0.3) is 0 Å². The summed E-state index contributed by atoms with van der Waals surface area (Å²) < 4.78 is 10.8. The van der Waals surface area contributed by atoms with E-state index < -0.39 is 5.63 Å². The van der Waals surface area contributed by atoms with E-state index >= 15 is 0 Å². The number of esters is 1. The van der Waals surface area contributed by atoms with Crippen LogP contribution in [0, 0.1) is 5.92 Å². The molecule has 0 unspecified atom stereocenters. The van der Waals surface area contributed by atoms with Crippen LogP contribution < -0.4 is 10.4 Å². The van der Waals surface area contributed by atoms with Gasteiger partial charge < -0.3 is 9.15 Å². The lowest BCUT2D eigenvalue weighted by atomic mass is 10.1. The quantitative estimate of drug-likeness (QED) is 0.622. The molecule has 0 saturated heterocycles. The Morgan fingerprint density at radius 1 is 1.29 bits per heavy atom. The first-order chi connectivity index (χ1) is 10.0. The van der Waals surface area contributed by atoms with Crippen LogP contribution in [0.25, 0.3) is 11.0 Å². The number of para-hydroxylation sites is 1. The minimum Gasteiger partial charge on any atom is -0.425 e.